The van der Waals surface area contributed by atoms with E-state index in [0.29, 0.717) is 39.6 Å². The molecule has 0 aliphatic carbocycles. The van der Waals surface area contributed by atoms with Gasteiger partial charge in [-0.1, -0.05) is 6.08 Å². The van der Waals surface area contributed by atoms with Crippen molar-refractivity contribution in [3.8, 4) is 0 Å². The average Bonchev–Trinajstić information content (AvgIpc) is 2.40. The Morgan fingerprint density at radius 3 is 2.11 bits per heavy atom. The lowest BCUT2D eigenvalue weighted by Gasteiger charge is -2.15. The molecule has 0 rings (SSSR count). The van der Waals surface area contributed by atoms with Gasteiger partial charge >= 0.3 is 0 Å². The molecule has 0 heterocycles. The van der Waals surface area contributed by atoms with Gasteiger partial charge in [-0.2, -0.15) is 0 Å². The summed E-state index contributed by atoms with van der Waals surface area (Å²) in [6.45, 7) is 5.85. The zero-order valence-electron chi connectivity index (χ0n) is 10.8. The Kier molecular flexibility index (Phi) is 14.2. The maximum absolute atomic E-state index is 8.96. The maximum atomic E-state index is 8.96. The number of rotatable bonds is 14. The van der Waals surface area contributed by atoms with Gasteiger partial charge in [0.1, 0.15) is 0 Å². The van der Waals surface area contributed by atoms with E-state index in [1.165, 1.54) is 0 Å². The lowest BCUT2D eigenvalue weighted by Crippen LogP contribution is -2.24. The predicted molar refractivity (Wildman–Crippen MR) is 66.3 cm³/mol. The summed E-state index contributed by atoms with van der Waals surface area (Å²) in [5, 5.41) is 17.4. The first kappa shape index (κ1) is 17.5. The number of aliphatic hydroxyl groups excluding tert-OH is 2. The van der Waals surface area contributed by atoms with Crippen molar-refractivity contribution >= 4 is 0 Å². The van der Waals surface area contributed by atoms with E-state index in [1.54, 1.807) is 6.08 Å². The molecule has 0 aromatic rings. The predicted octanol–water partition coefficient (Wildman–Crippen LogP) is -0.0604. The molecule has 0 aromatic carbocycles. The summed E-state index contributed by atoms with van der Waals surface area (Å²) >= 11 is 0. The Hall–Kier alpha value is -0.500. The van der Waals surface area contributed by atoms with Crippen LogP contribution in [0.1, 0.15) is 6.42 Å². The van der Waals surface area contributed by atoms with Gasteiger partial charge in [0.25, 0.3) is 0 Å². The van der Waals surface area contributed by atoms with Crippen LogP contribution >= 0.6 is 0 Å². The van der Waals surface area contributed by atoms with Crippen LogP contribution in [0, 0.1) is 0 Å². The fourth-order valence-electron chi connectivity index (χ4n) is 1.06. The zero-order valence-corrected chi connectivity index (χ0v) is 10.8. The summed E-state index contributed by atoms with van der Waals surface area (Å²) in [7, 11) is 0. The molecular weight excluding hydrogens is 240 g/mol. The van der Waals surface area contributed by atoms with Crippen molar-refractivity contribution < 1.29 is 29.2 Å². The second-order valence-corrected chi connectivity index (χ2v) is 3.38. The Balaban J connectivity index is 3.25. The fraction of sp³-hybridized carbons (Fsp3) is 0.833. The van der Waals surface area contributed by atoms with Crippen molar-refractivity contribution in [3.05, 3.63) is 12.7 Å². The molecule has 0 saturated carbocycles. The lowest BCUT2D eigenvalue weighted by molar-refractivity contribution is -0.169. The molecule has 0 saturated heterocycles. The molecule has 0 spiro atoms. The second-order valence-electron chi connectivity index (χ2n) is 3.38. The minimum absolute atomic E-state index is 0.0172. The highest BCUT2D eigenvalue weighted by atomic mass is 16.7. The van der Waals surface area contributed by atoms with Crippen LogP contribution in [0.2, 0.25) is 0 Å². The summed E-state index contributed by atoms with van der Waals surface area (Å²) in [5.74, 6) is 0. The van der Waals surface area contributed by atoms with Crippen LogP contribution in [0.4, 0.5) is 0 Å². The van der Waals surface area contributed by atoms with Gasteiger partial charge in [-0.05, 0) is 6.42 Å². The van der Waals surface area contributed by atoms with Crippen LogP contribution < -0.4 is 0 Å². The number of hydrogen-bond donors (Lipinski definition) is 2. The van der Waals surface area contributed by atoms with E-state index in [1.807, 2.05) is 0 Å². The molecule has 0 aromatic heterocycles. The van der Waals surface area contributed by atoms with Crippen LogP contribution in [-0.4, -0.2) is 69.4 Å². The SMILES string of the molecule is C=CCCOC(CO)OCCOCCOCCO. The third-order valence-electron chi connectivity index (χ3n) is 1.91. The molecule has 0 aliphatic heterocycles. The van der Waals surface area contributed by atoms with Gasteiger partial charge in [-0.25, -0.2) is 0 Å². The molecule has 1 unspecified atom stereocenters. The van der Waals surface area contributed by atoms with Gasteiger partial charge in [0.05, 0.1) is 52.9 Å². The van der Waals surface area contributed by atoms with Gasteiger partial charge in [-0.3, -0.25) is 0 Å². The fourth-order valence-corrected chi connectivity index (χ4v) is 1.06. The Morgan fingerprint density at radius 2 is 1.50 bits per heavy atom. The first-order valence-electron chi connectivity index (χ1n) is 6.06. The van der Waals surface area contributed by atoms with Crippen LogP contribution in [0.5, 0.6) is 0 Å². The summed E-state index contributed by atoms with van der Waals surface area (Å²) in [5.41, 5.74) is 0. The highest BCUT2D eigenvalue weighted by Crippen LogP contribution is 1.96. The van der Waals surface area contributed by atoms with Gasteiger partial charge in [0.15, 0.2) is 6.29 Å². The first-order chi connectivity index (χ1) is 8.85. The van der Waals surface area contributed by atoms with Crippen molar-refractivity contribution in [2.24, 2.45) is 0 Å². The summed E-state index contributed by atoms with van der Waals surface area (Å²) in [6, 6.07) is 0. The van der Waals surface area contributed by atoms with Crippen molar-refractivity contribution in [3.63, 3.8) is 0 Å². The minimum atomic E-state index is -0.612. The molecule has 0 amide bonds. The van der Waals surface area contributed by atoms with Crippen LogP contribution in [-0.2, 0) is 18.9 Å². The third kappa shape index (κ3) is 12.0. The normalized spacial score (nSPS) is 12.6. The molecule has 0 aliphatic rings. The maximum Gasteiger partial charge on any atom is 0.180 e. The Morgan fingerprint density at radius 1 is 0.889 bits per heavy atom. The van der Waals surface area contributed by atoms with Gasteiger partial charge in [-0.15, -0.1) is 6.58 Å². The van der Waals surface area contributed by atoms with Crippen LogP contribution in [0.15, 0.2) is 12.7 Å². The smallest absolute Gasteiger partial charge is 0.180 e. The molecule has 108 valence electrons. The molecule has 0 radical (unpaired) electrons. The van der Waals surface area contributed by atoms with Gasteiger partial charge in [0, 0.05) is 0 Å². The largest absolute Gasteiger partial charge is 0.394 e. The highest BCUT2D eigenvalue weighted by Gasteiger charge is 2.06. The Bertz CT molecular complexity index is 176. The molecular formula is C12H24O6. The standard InChI is InChI=1S/C12H24O6/c1-2-3-5-17-12(11-14)18-10-9-16-8-7-15-6-4-13/h2,12-14H,1,3-11H2. The molecule has 1 atom stereocenters. The third-order valence-corrected chi connectivity index (χ3v) is 1.91. The number of aliphatic hydroxyl groups is 2. The van der Waals surface area contributed by atoms with E-state index in [4.69, 9.17) is 29.2 Å². The monoisotopic (exact) mass is 264 g/mol. The van der Waals surface area contributed by atoms with Crippen molar-refractivity contribution in [2.45, 2.75) is 12.7 Å². The van der Waals surface area contributed by atoms with Crippen molar-refractivity contribution in [1.82, 2.24) is 0 Å². The van der Waals surface area contributed by atoms with E-state index < -0.39 is 6.29 Å². The van der Waals surface area contributed by atoms with E-state index in [-0.39, 0.29) is 13.2 Å². The lowest BCUT2D eigenvalue weighted by atomic mass is 10.4. The zero-order chi connectivity index (χ0) is 13.5. The van der Waals surface area contributed by atoms with Crippen molar-refractivity contribution in [1.29, 1.82) is 0 Å². The highest BCUT2D eigenvalue weighted by molar-refractivity contribution is 4.64. The van der Waals surface area contributed by atoms with E-state index >= 15 is 0 Å². The second kappa shape index (κ2) is 14.6. The number of hydrogen-bond acceptors (Lipinski definition) is 6. The van der Waals surface area contributed by atoms with Crippen molar-refractivity contribution in [2.75, 3.05) is 52.9 Å². The molecule has 6 nitrogen and oxygen atoms in total. The molecule has 2 N–H and O–H groups in total. The van der Waals surface area contributed by atoms with E-state index in [2.05, 4.69) is 6.58 Å². The summed E-state index contributed by atoms with van der Waals surface area (Å²) in [4.78, 5) is 0. The first-order valence-corrected chi connectivity index (χ1v) is 6.06. The number of ether oxygens (including phenoxy) is 4. The molecule has 0 bridgehead atoms. The quantitative estimate of drug-likeness (QED) is 0.260. The average molecular weight is 264 g/mol. The minimum Gasteiger partial charge on any atom is -0.394 e. The summed E-state index contributed by atoms with van der Waals surface area (Å²) < 4.78 is 20.7. The van der Waals surface area contributed by atoms with Crippen LogP contribution in [0.25, 0.3) is 0 Å². The molecule has 0 fully saturated rings. The van der Waals surface area contributed by atoms with E-state index in [0.717, 1.165) is 6.42 Å². The van der Waals surface area contributed by atoms with Crippen LogP contribution in [0.3, 0.4) is 0 Å². The van der Waals surface area contributed by atoms with E-state index in [9.17, 15) is 0 Å². The van der Waals surface area contributed by atoms with Gasteiger partial charge in [0.2, 0.25) is 0 Å². The molecule has 6 heteroatoms. The Labute approximate surface area is 108 Å². The van der Waals surface area contributed by atoms with Gasteiger partial charge < -0.3 is 29.2 Å². The topological polar surface area (TPSA) is 77.4 Å². The summed E-state index contributed by atoms with van der Waals surface area (Å²) in [6.07, 6.45) is 1.85. The molecule has 18 heavy (non-hydrogen) atoms.